The van der Waals surface area contributed by atoms with Crippen molar-refractivity contribution >= 4 is 18.5 Å². The van der Waals surface area contributed by atoms with E-state index in [0.717, 1.165) is 30.6 Å². The maximum atomic E-state index is 12.6. The number of allylic oxidation sites excluding steroid dienone is 10. The van der Waals surface area contributed by atoms with Crippen molar-refractivity contribution in [2.45, 2.75) is 81.6 Å². The topological polar surface area (TPSA) is 29.1 Å². The number of nitrogens with one attached hydrogen (secondary N) is 1. The van der Waals surface area contributed by atoms with Gasteiger partial charge in [-0.15, -0.1) is 0 Å². The predicted octanol–water partition coefficient (Wildman–Crippen LogP) is 8.17. The van der Waals surface area contributed by atoms with Crippen LogP contribution >= 0.6 is 12.6 Å². The Kier molecular flexibility index (Phi) is 9.89. The van der Waals surface area contributed by atoms with Gasteiger partial charge in [-0.3, -0.25) is 4.79 Å². The molecule has 1 N–H and O–H groups in total. The summed E-state index contributed by atoms with van der Waals surface area (Å²) in [4.78, 5) is 12.6. The fraction of sp³-hybridized carbons (Fsp3) is 0.581. The molecule has 1 amide bonds. The van der Waals surface area contributed by atoms with Crippen LogP contribution in [-0.2, 0) is 4.79 Å². The smallest absolute Gasteiger partial charge is 0.247 e. The Bertz CT molecular complexity index is 941. The van der Waals surface area contributed by atoms with Crippen LogP contribution in [-0.4, -0.2) is 18.2 Å². The molecular formula is C31H47NOS. The van der Waals surface area contributed by atoms with Crippen LogP contribution in [0.15, 0.2) is 69.9 Å². The molecule has 2 aliphatic carbocycles. The summed E-state index contributed by atoms with van der Waals surface area (Å²) in [5, 5.41) is 3.07. The molecule has 0 radical (unpaired) electrons. The van der Waals surface area contributed by atoms with Crippen LogP contribution in [0.5, 0.6) is 0 Å². The molecule has 34 heavy (non-hydrogen) atoms. The molecule has 2 rings (SSSR count). The van der Waals surface area contributed by atoms with Crippen LogP contribution in [0.3, 0.4) is 0 Å². The van der Waals surface area contributed by atoms with Crippen molar-refractivity contribution in [2.75, 3.05) is 12.3 Å². The van der Waals surface area contributed by atoms with Gasteiger partial charge in [-0.2, -0.15) is 12.6 Å². The Hall–Kier alpha value is -1.74. The number of rotatable bonds is 7. The Morgan fingerprint density at radius 3 is 2.35 bits per heavy atom. The van der Waals surface area contributed by atoms with Gasteiger partial charge in [-0.05, 0) is 74.0 Å². The normalized spacial score (nSPS) is 22.5. The zero-order valence-electron chi connectivity index (χ0n) is 23.0. The van der Waals surface area contributed by atoms with E-state index in [1.807, 2.05) is 13.0 Å². The van der Waals surface area contributed by atoms with Crippen molar-refractivity contribution in [1.82, 2.24) is 5.32 Å². The molecule has 2 atom stereocenters. The standard InChI is InChI=1S/C31H47NOS/c1-21(13-14-22(2)29(33)32-19-24-11-10-12-25(17-24)20-34)15-26-18-28(31(7,8)9)27(16-23(26)3)30(4,5)6/h10-14,16,25-26,34H,15,17-20H2,1-9H3,(H,32,33)/b21-13+,22-14+. The van der Waals surface area contributed by atoms with Crippen molar-refractivity contribution in [1.29, 1.82) is 0 Å². The number of carbonyl (C=O) groups excluding carboxylic acids is 1. The first-order valence-corrected chi connectivity index (χ1v) is 13.4. The fourth-order valence-electron chi connectivity index (χ4n) is 4.77. The van der Waals surface area contributed by atoms with Crippen molar-refractivity contribution < 1.29 is 4.79 Å². The Morgan fingerprint density at radius 2 is 1.76 bits per heavy atom. The largest absolute Gasteiger partial charge is 0.349 e. The molecule has 0 aromatic carbocycles. The highest BCUT2D eigenvalue weighted by atomic mass is 32.1. The van der Waals surface area contributed by atoms with Gasteiger partial charge >= 0.3 is 0 Å². The molecule has 2 aliphatic rings. The lowest BCUT2D eigenvalue weighted by atomic mass is 9.67. The molecular weight excluding hydrogens is 434 g/mol. The third-order valence-corrected chi connectivity index (χ3v) is 7.47. The zero-order valence-corrected chi connectivity index (χ0v) is 23.9. The second kappa shape index (κ2) is 11.8. The highest BCUT2D eigenvalue weighted by molar-refractivity contribution is 7.80. The summed E-state index contributed by atoms with van der Waals surface area (Å²) in [5.74, 6) is 1.83. The fourth-order valence-corrected chi connectivity index (χ4v) is 5.02. The predicted molar refractivity (Wildman–Crippen MR) is 152 cm³/mol. The molecule has 0 saturated heterocycles. The molecule has 0 aromatic rings. The van der Waals surface area contributed by atoms with Crippen molar-refractivity contribution in [2.24, 2.45) is 22.7 Å². The second-order valence-corrected chi connectivity index (χ2v) is 12.7. The Labute approximate surface area is 214 Å². The SMILES string of the molecule is CC1=CC(C(C)(C)C)=C(C(C)(C)C)CC1C/C(C)=C/C=C(\C)C(=O)NCC1=CC=CC(CS)C1. The van der Waals surface area contributed by atoms with Gasteiger partial charge in [0.15, 0.2) is 0 Å². The summed E-state index contributed by atoms with van der Waals surface area (Å²) >= 11 is 4.39. The van der Waals surface area contributed by atoms with Crippen LogP contribution in [0.1, 0.15) is 81.6 Å². The summed E-state index contributed by atoms with van der Waals surface area (Å²) in [6.45, 7) is 20.9. The van der Waals surface area contributed by atoms with Crippen molar-refractivity contribution in [3.63, 3.8) is 0 Å². The summed E-state index contributed by atoms with van der Waals surface area (Å²) < 4.78 is 0. The highest BCUT2D eigenvalue weighted by Crippen LogP contribution is 2.46. The lowest BCUT2D eigenvalue weighted by Crippen LogP contribution is -2.27. The van der Waals surface area contributed by atoms with Crippen LogP contribution in [0, 0.1) is 22.7 Å². The van der Waals surface area contributed by atoms with E-state index in [1.54, 1.807) is 5.57 Å². The molecule has 0 bridgehead atoms. The summed E-state index contributed by atoms with van der Waals surface area (Å²) in [5.41, 5.74) is 8.20. The summed E-state index contributed by atoms with van der Waals surface area (Å²) in [6, 6.07) is 0. The second-order valence-electron chi connectivity index (χ2n) is 12.3. The van der Waals surface area contributed by atoms with Gasteiger partial charge in [0, 0.05) is 12.1 Å². The molecule has 2 nitrogen and oxygen atoms in total. The van der Waals surface area contributed by atoms with Crippen LogP contribution < -0.4 is 5.32 Å². The number of thiol groups is 1. The zero-order chi connectivity index (χ0) is 25.7. The highest BCUT2D eigenvalue weighted by Gasteiger charge is 2.32. The van der Waals surface area contributed by atoms with E-state index in [1.165, 1.54) is 22.3 Å². The van der Waals surface area contributed by atoms with Crippen molar-refractivity contribution in [3.8, 4) is 0 Å². The van der Waals surface area contributed by atoms with Gasteiger partial charge in [0.1, 0.15) is 0 Å². The van der Waals surface area contributed by atoms with Gasteiger partial charge in [0.25, 0.3) is 0 Å². The average Bonchev–Trinajstić information content (AvgIpc) is 2.75. The minimum atomic E-state index is 0.00319. The van der Waals surface area contributed by atoms with Crippen LogP contribution in [0.4, 0.5) is 0 Å². The Morgan fingerprint density at radius 1 is 1.09 bits per heavy atom. The van der Waals surface area contributed by atoms with Crippen LogP contribution in [0.25, 0.3) is 0 Å². The van der Waals surface area contributed by atoms with E-state index in [-0.39, 0.29) is 16.7 Å². The molecule has 2 unspecified atom stereocenters. The average molecular weight is 482 g/mol. The number of carbonyl (C=O) groups is 1. The van der Waals surface area contributed by atoms with Gasteiger partial charge in [-0.1, -0.05) is 100 Å². The third kappa shape index (κ3) is 8.18. The van der Waals surface area contributed by atoms with E-state index >= 15 is 0 Å². The molecule has 0 aliphatic heterocycles. The maximum Gasteiger partial charge on any atom is 0.247 e. The first kappa shape index (κ1) is 28.5. The first-order valence-electron chi connectivity index (χ1n) is 12.7. The number of hydrogen-bond acceptors (Lipinski definition) is 2. The number of amides is 1. The van der Waals surface area contributed by atoms with Gasteiger partial charge in [0.05, 0.1) is 0 Å². The monoisotopic (exact) mass is 481 g/mol. The molecule has 0 heterocycles. The summed E-state index contributed by atoms with van der Waals surface area (Å²) in [7, 11) is 0. The third-order valence-electron chi connectivity index (χ3n) is 7.00. The van der Waals surface area contributed by atoms with E-state index in [4.69, 9.17) is 0 Å². The van der Waals surface area contributed by atoms with Gasteiger partial charge in [0.2, 0.25) is 5.91 Å². The molecule has 3 heteroatoms. The minimum absolute atomic E-state index is 0.00319. The van der Waals surface area contributed by atoms with Crippen LogP contribution in [0.2, 0.25) is 0 Å². The summed E-state index contributed by atoms with van der Waals surface area (Å²) in [6.07, 6.45) is 16.0. The first-order chi connectivity index (χ1) is 15.7. The van der Waals surface area contributed by atoms with E-state index in [0.29, 0.717) is 18.4 Å². The quantitative estimate of drug-likeness (QED) is 0.214. The molecule has 0 saturated carbocycles. The number of hydrogen-bond donors (Lipinski definition) is 2. The van der Waals surface area contributed by atoms with E-state index < -0.39 is 0 Å². The molecule has 0 spiro atoms. The van der Waals surface area contributed by atoms with E-state index in [9.17, 15) is 4.79 Å². The lowest BCUT2D eigenvalue weighted by molar-refractivity contribution is -0.117. The Balaban J connectivity index is 2.02. The van der Waals surface area contributed by atoms with Crippen molar-refractivity contribution in [3.05, 3.63) is 69.9 Å². The molecule has 0 aromatic heterocycles. The maximum absolute atomic E-state index is 12.6. The van der Waals surface area contributed by atoms with Gasteiger partial charge < -0.3 is 5.32 Å². The lowest BCUT2D eigenvalue weighted by Gasteiger charge is -2.38. The van der Waals surface area contributed by atoms with E-state index in [2.05, 4.69) is 104 Å². The molecule has 188 valence electrons. The minimum Gasteiger partial charge on any atom is -0.349 e. The van der Waals surface area contributed by atoms with Gasteiger partial charge in [-0.25, -0.2) is 0 Å². The molecule has 0 fully saturated rings.